The van der Waals surface area contributed by atoms with Crippen molar-refractivity contribution in [1.82, 2.24) is 15.5 Å². The number of carbonyl (C=O) groups excluding carboxylic acids is 4. The molecule has 5 aromatic rings. The first-order chi connectivity index (χ1) is 29.8. The quantitative estimate of drug-likeness (QED) is 0.0377. The predicted octanol–water partition coefficient (Wildman–Crippen LogP) is 7.34. The first kappa shape index (κ1) is 44.5. The molecule has 1 aliphatic carbocycles. The second kappa shape index (κ2) is 20.5. The average Bonchev–Trinajstić information content (AvgIpc) is 3.75. The van der Waals surface area contributed by atoms with E-state index in [0.717, 1.165) is 17.0 Å². The normalized spacial score (nSPS) is 14.9. The number of aromatic nitrogens is 2. The molecule has 1 saturated carbocycles. The molecule has 1 aliphatic rings. The number of nitrogens with one attached hydrogen (secondary N) is 5. The largest absolute Gasteiger partial charge is 0.491 e. The van der Waals surface area contributed by atoms with Crippen molar-refractivity contribution >= 4 is 57.3 Å². The van der Waals surface area contributed by atoms with Crippen molar-refractivity contribution < 1.29 is 43.4 Å². The van der Waals surface area contributed by atoms with Gasteiger partial charge in [-0.25, -0.2) is 0 Å². The lowest BCUT2D eigenvalue weighted by Crippen LogP contribution is -2.39. The average molecular weight is 850 g/mol. The van der Waals surface area contributed by atoms with Gasteiger partial charge in [0.25, 0.3) is 17.7 Å². The van der Waals surface area contributed by atoms with Crippen molar-refractivity contribution in [2.24, 2.45) is 17.8 Å². The van der Waals surface area contributed by atoms with Crippen molar-refractivity contribution in [3.63, 3.8) is 0 Å². The van der Waals surface area contributed by atoms with E-state index in [4.69, 9.17) is 19.3 Å². The molecule has 0 aliphatic heterocycles. The van der Waals surface area contributed by atoms with Crippen LogP contribution in [0.25, 0.3) is 10.9 Å². The van der Waals surface area contributed by atoms with Crippen LogP contribution in [0.2, 0.25) is 0 Å². The summed E-state index contributed by atoms with van der Waals surface area (Å²) in [6.45, 7) is 7.85. The fraction of sp³-hybridized carbons (Fsp3) is 0.356. The molecule has 1 heterocycles. The summed E-state index contributed by atoms with van der Waals surface area (Å²) in [4.78, 5) is 64.6. The monoisotopic (exact) mass is 849 g/mol. The second-order valence-electron chi connectivity index (χ2n) is 15.9. The minimum Gasteiger partial charge on any atom is -0.491 e. The number of benzene rings is 4. The minimum absolute atomic E-state index is 0.0547. The first-order valence-electron chi connectivity index (χ1n) is 20.5. The Labute approximate surface area is 358 Å². The van der Waals surface area contributed by atoms with Gasteiger partial charge in [-0.15, -0.1) is 0 Å². The number of aromatic amines is 1. The van der Waals surface area contributed by atoms with Crippen molar-refractivity contribution in [2.75, 3.05) is 42.4 Å². The Balaban J connectivity index is 1.12. The van der Waals surface area contributed by atoms with Crippen LogP contribution in [0.15, 0.2) is 79.0 Å². The first-order valence-corrected chi connectivity index (χ1v) is 20.5. The number of aliphatic hydroxyl groups is 1. The van der Waals surface area contributed by atoms with Gasteiger partial charge in [0.2, 0.25) is 5.91 Å². The standard InChI is InChI=1S/C45H51N7O10/c1-26(2)24-61-38-20-29(43(55)47-33-13-8-28(9-14-33)42(54)50-36-7-5-6-32-23-46-51-41(32)36)10-15-34(38)48-44(56)30-11-16-35(39(21-30)62-25-27(3)4)49-45(57)31-12-17-37(52(58)59)40(22-31)60-19-18-53/h5-7,10-12,15-17,20-23,26-28,33,53H,8-9,13-14,18-19,24-25H2,1-4H3,(H,46,51)(H,47,55)(H,48,56)(H,49,57)(H,50,54). The number of para-hydroxylation sites is 1. The molecular weight excluding hydrogens is 799 g/mol. The van der Waals surface area contributed by atoms with Gasteiger partial charge in [-0.1, -0.05) is 39.8 Å². The van der Waals surface area contributed by atoms with Gasteiger partial charge in [0, 0.05) is 46.2 Å². The molecule has 0 radical (unpaired) electrons. The highest BCUT2D eigenvalue weighted by atomic mass is 16.6. The Bertz CT molecular complexity index is 2420. The molecule has 1 aromatic heterocycles. The second-order valence-corrected chi connectivity index (χ2v) is 15.9. The maximum Gasteiger partial charge on any atom is 0.310 e. The third kappa shape index (κ3) is 11.4. The van der Waals surface area contributed by atoms with Crippen molar-refractivity contribution in [3.8, 4) is 17.2 Å². The summed E-state index contributed by atoms with van der Waals surface area (Å²) in [5.74, 6) is -1.10. The topological polar surface area (TPSA) is 236 Å². The maximum absolute atomic E-state index is 13.8. The molecule has 0 bridgehead atoms. The third-order valence-corrected chi connectivity index (χ3v) is 10.1. The van der Waals surface area contributed by atoms with E-state index in [9.17, 15) is 29.3 Å². The number of carbonyl (C=O) groups is 4. The van der Waals surface area contributed by atoms with Crippen LogP contribution in [0.5, 0.6) is 17.2 Å². The molecule has 6 N–H and O–H groups in total. The lowest BCUT2D eigenvalue weighted by molar-refractivity contribution is -0.385. The van der Waals surface area contributed by atoms with Crippen molar-refractivity contribution in [3.05, 3.63) is 106 Å². The summed E-state index contributed by atoms with van der Waals surface area (Å²) < 4.78 is 17.4. The fourth-order valence-electron chi connectivity index (χ4n) is 6.83. The van der Waals surface area contributed by atoms with Gasteiger partial charge in [-0.05, 0) is 86.1 Å². The zero-order valence-corrected chi connectivity index (χ0v) is 35.0. The third-order valence-electron chi connectivity index (χ3n) is 10.1. The lowest BCUT2D eigenvalue weighted by Gasteiger charge is -2.28. The number of fused-ring (bicyclic) bond motifs is 1. The molecule has 4 amide bonds. The number of nitro groups is 1. The fourth-order valence-corrected chi connectivity index (χ4v) is 6.83. The van der Waals surface area contributed by atoms with Gasteiger partial charge < -0.3 is 40.6 Å². The van der Waals surface area contributed by atoms with Crippen LogP contribution >= 0.6 is 0 Å². The van der Waals surface area contributed by atoms with Crippen LogP contribution in [0, 0.1) is 27.9 Å². The highest BCUT2D eigenvalue weighted by Gasteiger charge is 2.28. The van der Waals surface area contributed by atoms with Crippen molar-refractivity contribution in [1.29, 1.82) is 0 Å². The van der Waals surface area contributed by atoms with Gasteiger partial charge in [0.1, 0.15) is 18.1 Å². The smallest absolute Gasteiger partial charge is 0.310 e. The molecule has 4 aromatic carbocycles. The van der Waals surface area contributed by atoms with Crippen LogP contribution < -0.4 is 35.5 Å². The summed E-state index contributed by atoms with van der Waals surface area (Å²) in [5.41, 5.74) is 2.28. The number of anilines is 3. The Hall–Kier alpha value is -7.01. The Morgan fingerprint density at radius 1 is 0.742 bits per heavy atom. The zero-order valence-electron chi connectivity index (χ0n) is 35.0. The highest BCUT2D eigenvalue weighted by molar-refractivity contribution is 6.08. The number of ether oxygens (including phenoxy) is 3. The molecule has 6 rings (SSSR count). The number of hydrogen-bond acceptors (Lipinski definition) is 11. The molecule has 0 unspecified atom stereocenters. The molecule has 0 spiro atoms. The van der Waals surface area contributed by atoms with Gasteiger partial charge in [-0.3, -0.25) is 34.4 Å². The SMILES string of the molecule is CC(C)COc1cc(C(=O)Nc2ccc(C(=O)NC3CCC(C(=O)Nc4cccc5cn[nH]c45)CC3)cc2OCC(C)C)ccc1NC(=O)c1ccc([N+](=O)[O-])c(OCCO)c1. The molecule has 0 atom stereocenters. The molecule has 17 heteroatoms. The zero-order chi connectivity index (χ0) is 44.3. The van der Waals surface area contributed by atoms with E-state index in [0.29, 0.717) is 55.0 Å². The van der Waals surface area contributed by atoms with E-state index in [1.54, 1.807) is 24.4 Å². The Kier molecular flexibility index (Phi) is 14.7. The van der Waals surface area contributed by atoms with E-state index >= 15 is 0 Å². The summed E-state index contributed by atoms with van der Waals surface area (Å²) in [6, 6.07) is 18.5. The molecule has 1 fully saturated rings. The van der Waals surface area contributed by atoms with Crippen LogP contribution in [0.3, 0.4) is 0 Å². The van der Waals surface area contributed by atoms with E-state index < -0.39 is 16.7 Å². The number of hydrogen-bond donors (Lipinski definition) is 6. The molecule has 0 saturated heterocycles. The summed E-state index contributed by atoms with van der Waals surface area (Å²) in [5, 5.41) is 40.3. The molecule has 62 heavy (non-hydrogen) atoms. The minimum atomic E-state index is -0.649. The Morgan fingerprint density at radius 2 is 1.31 bits per heavy atom. The van der Waals surface area contributed by atoms with E-state index in [1.807, 2.05) is 45.9 Å². The van der Waals surface area contributed by atoms with Crippen LogP contribution in [0.4, 0.5) is 22.7 Å². The predicted molar refractivity (Wildman–Crippen MR) is 233 cm³/mol. The number of H-pyrrole nitrogens is 1. The number of aliphatic hydroxyl groups excluding tert-OH is 1. The summed E-state index contributed by atoms with van der Waals surface area (Å²) in [6.07, 6.45) is 4.20. The highest BCUT2D eigenvalue weighted by Crippen LogP contribution is 2.33. The van der Waals surface area contributed by atoms with Crippen LogP contribution in [-0.4, -0.2) is 76.3 Å². The molecule has 17 nitrogen and oxygen atoms in total. The van der Waals surface area contributed by atoms with Gasteiger partial charge >= 0.3 is 5.69 Å². The number of nitro benzene ring substituents is 1. The Morgan fingerprint density at radius 3 is 1.87 bits per heavy atom. The summed E-state index contributed by atoms with van der Waals surface area (Å²) in [7, 11) is 0. The van der Waals surface area contributed by atoms with Gasteiger partial charge in [-0.2, -0.15) is 5.10 Å². The molecule has 326 valence electrons. The number of amides is 4. The lowest BCUT2D eigenvalue weighted by atomic mass is 9.85. The molecular formula is C45H51N7O10. The number of rotatable bonds is 18. The van der Waals surface area contributed by atoms with Crippen LogP contribution in [-0.2, 0) is 4.79 Å². The maximum atomic E-state index is 13.8. The van der Waals surface area contributed by atoms with E-state index in [1.165, 1.54) is 30.3 Å². The van der Waals surface area contributed by atoms with E-state index in [2.05, 4.69) is 31.5 Å². The van der Waals surface area contributed by atoms with E-state index in [-0.39, 0.29) is 89.4 Å². The van der Waals surface area contributed by atoms with Crippen LogP contribution in [0.1, 0.15) is 84.5 Å². The van der Waals surface area contributed by atoms with Gasteiger partial charge in [0.15, 0.2) is 5.75 Å². The number of nitrogens with zero attached hydrogens (tertiary/aromatic N) is 2. The summed E-state index contributed by atoms with van der Waals surface area (Å²) >= 11 is 0. The van der Waals surface area contributed by atoms with Gasteiger partial charge in [0.05, 0.1) is 53.5 Å². The van der Waals surface area contributed by atoms with Crippen molar-refractivity contribution in [2.45, 2.75) is 59.4 Å².